The van der Waals surface area contributed by atoms with Crippen molar-refractivity contribution >= 4 is 17.6 Å². The number of carbonyl (C=O) groups excluding carboxylic acids is 1. The highest BCUT2D eigenvalue weighted by molar-refractivity contribution is 5.88. The van der Waals surface area contributed by atoms with Crippen LogP contribution in [0.15, 0.2) is 42.6 Å². The van der Waals surface area contributed by atoms with Crippen molar-refractivity contribution in [2.24, 2.45) is 5.41 Å². The average molecular weight is 399 g/mol. The number of methoxy groups -OCH3 is 1. The zero-order valence-corrected chi connectivity index (χ0v) is 16.5. The van der Waals surface area contributed by atoms with Crippen LogP contribution in [0.1, 0.15) is 16.1 Å². The number of hydrogen-bond donors (Lipinski definition) is 2. The lowest BCUT2D eigenvalue weighted by Crippen LogP contribution is -2.64. The topological polar surface area (TPSA) is 103 Å². The molecule has 0 unspecified atom stereocenters. The van der Waals surface area contributed by atoms with Crippen molar-refractivity contribution in [3.63, 3.8) is 0 Å². The van der Waals surface area contributed by atoms with Gasteiger partial charge in [0.1, 0.15) is 11.4 Å². The molecule has 2 aromatic rings. The van der Waals surface area contributed by atoms with Crippen LogP contribution in [0.2, 0.25) is 0 Å². The molecule has 1 aliphatic rings. The van der Waals surface area contributed by atoms with Crippen LogP contribution in [0.25, 0.3) is 0 Å². The van der Waals surface area contributed by atoms with Gasteiger partial charge in [-0.25, -0.2) is 9.78 Å². The van der Waals surface area contributed by atoms with Gasteiger partial charge in [-0.15, -0.1) is 0 Å². The number of pyridine rings is 1. The monoisotopic (exact) mass is 399 g/mol. The average Bonchev–Trinajstić information content (AvgIpc) is 2.70. The summed E-state index contributed by atoms with van der Waals surface area (Å²) in [6, 6.07) is 10.9. The number of anilines is 1. The van der Waals surface area contributed by atoms with Gasteiger partial charge in [0.2, 0.25) is 5.91 Å². The molecule has 0 aliphatic carbocycles. The fraction of sp³-hybridized carbons (Fsp3) is 0.381. The number of rotatable bonds is 8. The van der Waals surface area contributed by atoms with Gasteiger partial charge in [0.15, 0.2) is 0 Å². The molecule has 8 heteroatoms. The number of carboxylic acid groups (broad SMARTS) is 1. The van der Waals surface area contributed by atoms with E-state index in [1.807, 2.05) is 29.2 Å². The zero-order chi connectivity index (χ0) is 21.0. The maximum Gasteiger partial charge on any atom is 0.354 e. The lowest BCUT2D eigenvalue weighted by atomic mass is 9.73. The zero-order valence-electron chi connectivity index (χ0n) is 16.5. The van der Waals surface area contributed by atoms with E-state index in [0.717, 1.165) is 17.0 Å². The van der Waals surface area contributed by atoms with Crippen molar-refractivity contribution in [2.45, 2.75) is 6.42 Å². The van der Waals surface area contributed by atoms with Crippen LogP contribution in [0.3, 0.4) is 0 Å². The summed E-state index contributed by atoms with van der Waals surface area (Å²) in [5, 5.41) is 18.4. The van der Waals surface area contributed by atoms with Gasteiger partial charge >= 0.3 is 5.97 Å². The first-order valence-electron chi connectivity index (χ1n) is 9.32. The van der Waals surface area contributed by atoms with Crippen molar-refractivity contribution in [2.75, 3.05) is 45.3 Å². The molecule has 1 amide bonds. The summed E-state index contributed by atoms with van der Waals surface area (Å²) in [6.45, 7) is 1.05. The number of aliphatic hydroxyl groups is 1. The lowest BCUT2D eigenvalue weighted by molar-refractivity contribution is -0.143. The summed E-state index contributed by atoms with van der Waals surface area (Å²) in [5.74, 6) is -0.405. The van der Waals surface area contributed by atoms with E-state index >= 15 is 0 Å². The van der Waals surface area contributed by atoms with Crippen LogP contribution in [0.4, 0.5) is 5.69 Å². The normalized spacial score (nSPS) is 14.8. The highest BCUT2D eigenvalue weighted by atomic mass is 16.5. The molecule has 8 nitrogen and oxygen atoms in total. The summed E-state index contributed by atoms with van der Waals surface area (Å²) >= 11 is 0. The van der Waals surface area contributed by atoms with Crippen LogP contribution in [-0.2, 0) is 11.2 Å². The Hall–Kier alpha value is -3.13. The van der Waals surface area contributed by atoms with E-state index in [1.165, 1.54) is 12.3 Å². The van der Waals surface area contributed by atoms with E-state index in [2.05, 4.69) is 4.98 Å². The molecule has 0 spiro atoms. The standard InChI is InChI=1S/C21H25N3O5/c1-23(8-9-25)20(28)21(12-15-4-3-5-17(10-15)29-2)13-24(14-21)16-6-7-22-18(11-16)19(26)27/h3-7,10-11,25H,8-9,12-14H2,1-2H3,(H,26,27). The van der Waals surface area contributed by atoms with Gasteiger partial charge in [0.25, 0.3) is 0 Å². The number of aromatic carboxylic acids is 1. The molecule has 0 radical (unpaired) electrons. The minimum absolute atomic E-state index is 0.0310. The van der Waals surface area contributed by atoms with Crippen LogP contribution >= 0.6 is 0 Å². The predicted octanol–water partition coefficient (Wildman–Crippen LogP) is 1.29. The number of nitrogens with zero attached hydrogens (tertiary/aromatic N) is 3. The predicted molar refractivity (Wildman–Crippen MR) is 107 cm³/mol. The van der Waals surface area contributed by atoms with Gasteiger partial charge in [0, 0.05) is 38.6 Å². The number of carbonyl (C=O) groups is 2. The Kier molecular flexibility index (Phi) is 6.03. The number of hydrogen-bond acceptors (Lipinski definition) is 6. The van der Waals surface area contributed by atoms with Gasteiger partial charge < -0.3 is 24.7 Å². The minimum atomic E-state index is -1.09. The number of benzene rings is 1. The lowest BCUT2D eigenvalue weighted by Gasteiger charge is -2.51. The first kappa shape index (κ1) is 20.6. The van der Waals surface area contributed by atoms with Crippen molar-refractivity contribution < 1.29 is 24.5 Å². The molecule has 3 rings (SSSR count). The molecule has 1 saturated heterocycles. The summed E-state index contributed by atoms with van der Waals surface area (Å²) in [5.41, 5.74) is 1.01. The highest BCUT2D eigenvalue weighted by Gasteiger charge is 2.50. The molecule has 1 aromatic heterocycles. The fourth-order valence-electron chi connectivity index (χ4n) is 3.75. The van der Waals surface area contributed by atoms with E-state index in [9.17, 15) is 19.8 Å². The van der Waals surface area contributed by atoms with Crippen molar-refractivity contribution in [1.82, 2.24) is 9.88 Å². The van der Waals surface area contributed by atoms with Gasteiger partial charge in [-0.3, -0.25) is 4.79 Å². The van der Waals surface area contributed by atoms with Gasteiger partial charge in [-0.05, 0) is 36.2 Å². The quantitative estimate of drug-likeness (QED) is 0.689. The largest absolute Gasteiger partial charge is 0.497 e. The second-order valence-electron chi connectivity index (χ2n) is 7.32. The smallest absolute Gasteiger partial charge is 0.354 e. The SMILES string of the molecule is COc1cccc(CC2(C(=O)N(C)CCO)CN(c3ccnc(C(=O)O)c3)C2)c1. The van der Waals surface area contributed by atoms with E-state index in [-0.39, 0.29) is 24.8 Å². The van der Waals surface area contributed by atoms with Gasteiger partial charge in [0.05, 0.1) is 19.1 Å². The molecule has 0 saturated carbocycles. The van der Waals surface area contributed by atoms with Crippen molar-refractivity contribution in [3.05, 3.63) is 53.9 Å². The molecule has 2 N–H and O–H groups in total. The summed E-state index contributed by atoms with van der Waals surface area (Å²) < 4.78 is 5.29. The van der Waals surface area contributed by atoms with E-state index in [4.69, 9.17) is 4.74 Å². The minimum Gasteiger partial charge on any atom is -0.497 e. The molecular weight excluding hydrogens is 374 g/mol. The Morgan fingerprint density at radius 3 is 2.69 bits per heavy atom. The van der Waals surface area contributed by atoms with Crippen LogP contribution in [0.5, 0.6) is 5.75 Å². The molecule has 1 aliphatic heterocycles. The molecule has 154 valence electrons. The molecule has 0 atom stereocenters. The number of aliphatic hydroxyl groups excluding tert-OH is 1. The number of amides is 1. The Morgan fingerprint density at radius 2 is 2.03 bits per heavy atom. The molecule has 0 bridgehead atoms. The van der Waals surface area contributed by atoms with E-state index < -0.39 is 11.4 Å². The van der Waals surface area contributed by atoms with Crippen LogP contribution < -0.4 is 9.64 Å². The molecule has 1 aromatic carbocycles. The maximum atomic E-state index is 13.2. The molecule has 2 heterocycles. The Morgan fingerprint density at radius 1 is 1.28 bits per heavy atom. The molecule has 29 heavy (non-hydrogen) atoms. The van der Waals surface area contributed by atoms with Crippen LogP contribution in [-0.4, -0.2) is 72.4 Å². The molecule has 1 fully saturated rings. The van der Waals surface area contributed by atoms with E-state index in [1.54, 1.807) is 25.1 Å². The first-order chi connectivity index (χ1) is 13.9. The van der Waals surface area contributed by atoms with Crippen molar-refractivity contribution in [3.8, 4) is 5.75 Å². The molecular formula is C21H25N3O5. The van der Waals surface area contributed by atoms with Gasteiger partial charge in [-0.1, -0.05) is 12.1 Å². The summed E-state index contributed by atoms with van der Waals surface area (Å²) in [7, 11) is 3.28. The first-order valence-corrected chi connectivity index (χ1v) is 9.32. The summed E-state index contributed by atoms with van der Waals surface area (Å²) in [4.78, 5) is 31.8. The second-order valence-corrected chi connectivity index (χ2v) is 7.32. The van der Waals surface area contributed by atoms with Crippen molar-refractivity contribution in [1.29, 1.82) is 0 Å². The third kappa shape index (κ3) is 4.32. The van der Waals surface area contributed by atoms with E-state index in [0.29, 0.717) is 19.5 Å². The van der Waals surface area contributed by atoms with Gasteiger partial charge in [-0.2, -0.15) is 0 Å². The number of ether oxygens (including phenoxy) is 1. The Bertz CT molecular complexity index is 895. The number of likely N-dealkylation sites (N-methyl/N-ethyl adjacent to an activating group) is 1. The third-order valence-electron chi connectivity index (χ3n) is 5.23. The Labute approximate surface area is 169 Å². The number of aromatic nitrogens is 1. The number of carboxylic acids is 1. The van der Waals surface area contributed by atoms with Crippen LogP contribution in [0, 0.1) is 5.41 Å². The second kappa shape index (κ2) is 8.48. The summed E-state index contributed by atoms with van der Waals surface area (Å²) in [6.07, 6.45) is 1.98. The Balaban J connectivity index is 1.85. The maximum absolute atomic E-state index is 13.2. The third-order valence-corrected chi connectivity index (χ3v) is 5.23. The highest BCUT2D eigenvalue weighted by Crippen LogP contribution is 2.39. The fourth-order valence-corrected chi connectivity index (χ4v) is 3.75.